The second-order valence-corrected chi connectivity index (χ2v) is 4.95. The topological polar surface area (TPSA) is 70.4 Å². The molecule has 0 atom stereocenters. The minimum Gasteiger partial charge on any atom is -0.462 e. The number of para-hydroxylation sites is 1. The first-order chi connectivity index (χ1) is 9.67. The zero-order valence-corrected chi connectivity index (χ0v) is 11.6. The smallest absolute Gasteiger partial charge is 0.351 e. The summed E-state index contributed by atoms with van der Waals surface area (Å²) in [6.45, 7) is 1.98. The molecule has 102 valence electrons. The molecule has 20 heavy (non-hydrogen) atoms. The predicted octanol–water partition coefficient (Wildman–Crippen LogP) is 2.06. The van der Waals surface area contributed by atoms with Crippen LogP contribution in [0.2, 0.25) is 0 Å². The van der Waals surface area contributed by atoms with Gasteiger partial charge in [-0.3, -0.25) is 4.79 Å². The van der Waals surface area contributed by atoms with Crippen molar-refractivity contribution < 1.29 is 14.3 Å². The highest BCUT2D eigenvalue weighted by atomic mass is 32.2. The summed E-state index contributed by atoms with van der Waals surface area (Å²) >= 11 is 0.899. The molecule has 0 unspecified atom stereocenters. The van der Waals surface area contributed by atoms with Crippen LogP contribution in [0.4, 0.5) is 5.69 Å². The minimum absolute atomic E-state index is 0.110. The third-order valence-corrected chi connectivity index (χ3v) is 3.59. The quantitative estimate of drug-likeness (QED) is 0.482. The third kappa shape index (κ3) is 2.83. The Hall–Kier alpha value is -2.26. The Labute approximate surface area is 120 Å². The number of nitriles is 1. The number of carbonyl (C=O) groups excluding carboxylic acids is 2. The van der Waals surface area contributed by atoms with Gasteiger partial charge in [0.1, 0.15) is 11.1 Å². The molecular weight excluding hydrogens is 276 g/mol. The zero-order valence-electron chi connectivity index (χ0n) is 10.8. The number of anilines is 1. The molecule has 6 heteroatoms. The number of benzene rings is 1. The van der Waals surface area contributed by atoms with Gasteiger partial charge < -0.3 is 9.64 Å². The number of nitrogens with zero attached hydrogens (tertiary/aromatic N) is 2. The number of hydrogen-bond acceptors (Lipinski definition) is 6. The highest BCUT2D eigenvalue weighted by Crippen LogP contribution is 2.36. The Morgan fingerprint density at radius 1 is 1.45 bits per heavy atom. The fraction of sp³-hybridized carbons (Fsp3) is 0.214. The molecule has 0 N–H and O–H groups in total. The fourth-order valence-corrected chi connectivity index (χ4v) is 2.70. The molecule has 1 heterocycles. The molecule has 1 saturated heterocycles. The van der Waals surface area contributed by atoms with Gasteiger partial charge in [0.15, 0.2) is 5.57 Å². The van der Waals surface area contributed by atoms with Gasteiger partial charge >= 0.3 is 5.97 Å². The van der Waals surface area contributed by atoms with Crippen molar-refractivity contribution in [1.82, 2.24) is 0 Å². The lowest BCUT2D eigenvalue weighted by molar-refractivity contribution is -0.138. The molecule has 2 rings (SSSR count). The standard InChI is InChI=1S/C14H12N2O3S/c1-2-19-14(18)11(8-15)13-16(9-12(17)20-13)10-6-4-3-5-7-10/h3-7H,2,9H2,1H3/b13-11-. The Kier molecular flexibility index (Phi) is 4.43. The molecule has 0 amide bonds. The molecule has 0 aliphatic carbocycles. The van der Waals surface area contributed by atoms with E-state index in [0.29, 0.717) is 5.03 Å². The first-order valence-electron chi connectivity index (χ1n) is 6.02. The lowest BCUT2D eigenvalue weighted by Gasteiger charge is -2.18. The number of rotatable bonds is 3. The highest BCUT2D eigenvalue weighted by Gasteiger charge is 2.32. The van der Waals surface area contributed by atoms with Crippen LogP contribution in [0.15, 0.2) is 40.9 Å². The number of hydrogen-bond donors (Lipinski definition) is 0. The average Bonchev–Trinajstić information content (AvgIpc) is 2.83. The van der Waals surface area contributed by atoms with Crippen LogP contribution >= 0.6 is 11.8 Å². The molecule has 1 fully saturated rings. The van der Waals surface area contributed by atoms with Crippen LogP contribution in [-0.2, 0) is 14.3 Å². The van der Waals surface area contributed by atoms with Crippen molar-refractivity contribution in [3.63, 3.8) is 0 Å². The van der Waals surface area contributed by atoms with E-state index in [1.54, 1.807) is 11.8 Å². The van der Waals surface area contributed by atoms with Gasteiger partial charge in [0, 0.05) is 5.69 Å². The van der Waals surface area contributed by atoms with E-state index in [1.165, 1.54) is 0 Å². The summed E-state index contributed by atoms with van der Waals surface area (Å²) < 4.78 is 4.86. The van der Waals surface area contributed by atoms with E-state index in [1.807, 2.05) is 36.4 Å². The SMILES string of the molecule is CCOC(=O)/C(C#N)=C1\SC(=O)CN1c1ccccc1. The molecule has 0 spiro atoms. The number of ether oxygens (including phenoxy) is 1. The van der Waals surface area contributed by atoms with Crippen LogP contribution in [0.5, 0.6) is 0 Å². The van der Waals surface area contributed by atoms with Gasteiger partial charge in [-0.2, -0.15) is 5.26 Å². The summed E-state index contributed by atoms with van der Waals surface area (Å²) in [5, 5.41) is 9.40. The Morgan fingerprint density at radius 2 is 2.15 bits per heavy atom. The molecule has 0 aromatic heterocycles. The largest absolute Gasteiger partial charge is 0.462 e. The van der Waals surface area contributed by atoms with Crippen molar-refractivity contribution in [2.24, 2.45) is 0 Å². The monoisotopic (exact) mass is 288 g/mol. The van der Waals surface area contributed by atoms with Crippen LogP contribution in [0.1, 0.15) is 6.92 Å². The van der Waals surface area contributed by atoms with E-state index >= 15 is 0 Å². The highest BCUT2D eigenvalue weighted by molar-refractivity contribution is 8.17. The second kappa shape index (κ2) is 6.26. The number of carbonyl (C=O) groups is 2. The summed E-state index contributed by atoms with van der Waals surface area (Å²) in [5.41, 5.74) is 0.629. The molecule has 0 radical (unpaired) electrons. The second-order valence-electron chi connectivity index (χ2n) is 3.91. The number of thioether (sulfide) groups is 1. The van der Waals surface area contributed by atoms with Crippen LogP contribution < -0.4 is 4.90 Å². The molecule has 1 aliphatic rings. The van der Waals surface area contributed by atoms with Gasteiger partial charge in [-0.1, -0.05) is 18.2 Å². The normalized spacial score (nSPS) is 16.8. The first kappa shape index (κ1) is 14.2. The Balaban J connectivity index is 2.44. The summed E-state index contributed by atoms with van der Waals surface area (Å²) in [5.74, 6) is -0.701. The van der Waals surface area contributed by atoms with E-state index in [0.717, 1.165) is 17.4 Å². The Bertz CT molecular complexity index is 605. The maximum absolute atomic E-state index is 11.8. The lowest BCUT2D eigenvalue weighted by Crippen LogP contribution is -2.21. The van der Waals surface area contributed by atoms with Crippen LogP contribution in [0.3, 0.4) is 0 Å². The van der Waals surface area contributed by atoms with Gasteiger partial charge in [0.05, 0.1) is 13.2 Å². The summed E-state index contributed by atoms with van der Waals surface area (Å²) in [6, 6.07) is 11.0. The van der Waals surface area contributed by atoms with Crippen molar-refractivity contribution in [1.29, 1.82) is 5.26 Å². The van der Waals surface area contributed by atoms with Crippen molar-refractivity contribution in [3.8, 4) is 6.07 Å². The molecule has 0 bridgehead atoms. The molecular formula is C14H12N2O3S. The van der Waals surface area contributed by atoms with Crippen LogP contribution in [0, 0.1) is 11.3 Å². The van der Waals surface area contributed by atoms with Crippen LogP contribution in [0.25, 0.3) is 0 Å². The van der Waals surface area contributed by atoms with Gasteiger partial charge in [-0.25, -0.2) is 4.79 Å². The van der Waals surface area contributed by atoms with E-state index < -0.39 is 5.97 Å². The van der Waals surface area contributed by atoms with Crippen molar-refractivity contribution >= 4 is 28.5 Å². The maximum Gasteiger partial charge on any atom is 0.351 e. The van der Waals surface area contributed by atoms with Gasteiger partial charge in [-0.05, 0) is 30.8 Å². The van der Waals surface area contributed by atoms with E-state index in [2.05, 4.69) is 0 Å². The molecule has 0 saturated carbocycles. The van der Waals surface area contributed by atoms with Gasteiger partial charge in [0.2, 0.25) is 5.12 Å². The van der Waals surface area contributed by atoms with E-state index in [4.69, 9.17) is 4.74 Å². The molecule has 5 nitrogen and oxygen atoms in total. The van der Waals surface area contributed by atoms with Gasteiger partial charge in [-0.15, -0.1) is 0 Å². The van der Waals surface area contributed by atoms with E-state index in [9.17, 15) is 14.9 Å². The third-order valence-electron chi connectivity index (χ3n) is 2.62. The fourth-order valence-electron chi connectivity index (χ4n) is 1.78. The molecule has 1 aromatic carbocycles. The Morgan fingerprint density at radius 3 is 2.75 bits per heavy atom. The maximum atomic E-state index is 11.8. The summed E-state index contributed by atoms with van der Waals surface area (Å²) in [6.07, 6.45) is 0. The van der Waals surface area contributed by atoms with Crippen LogP contribution in [-0.4, -0.2) is 24.2 Å². The van der Waals surface area contributed by atoms with E-state index in [-0.39, 0.29) is 23.8 Å². The average molecular weight is 288 g/mol. The zero-order chi connectivity index (χ0) is 14.5. The molecule has 1 aliphatic heterocycles. The minimum atomic E-state index is -0.701. The predicted molar refractivity (Wildman–Crippen MR) is 75.7 cm³/mol. The van der Waals surface area contributed by atoms with Crippen molar-refractivity contribution in [2.45, 2.75) is 6.92 Å². The summed E-state index contributed by atoms with van der Waals surface area (Å²) in [7, 11) is 0. The number of esters is 1. The first-order valence-corrected chi connectivity index (χ1v) is 6.83. The lowest BCUT2D eigenvalue weighted by atomic mass is 10.2. The summed E-state index contributed by atoms with van der Waals surface area (Å²) in [4.78, 5) is 25.1. The van der Waals surface area contributed by atoms with Crippen molar-refractivity contribution in [2.75, 3.05) is 18.1 Å². The van der Waals surface area contributed by atoms with Crippen molar-refractivity contribution in [3.05, 3.63) is 40.9 Å². The molecule has 1 aromatic rings. The van der Waals surface area contributed by atoms with Gasteiger partial charge in [0.25, 0.3) is 0 Å².